The minimum atomic E-state index is -0.494. The van der Waals surface area contributed by atoms with Crippen LogP contribution < -0.4 is 10.1 Å². The zero-order valence-electron chi connectivity index (χ0n) is 14.1. The second-order valence-electron chi connectivity index (χ2n) is 6.24. The van der Waals surface area contributed by atoms with Crippen LogP contribution in [0.4, 0.5) is 5.13 Å². The molecule has 126 valence electrons. The average Bonchev–Trinajstić information content (AvgIpc) is 3.24. The molecule has 1 aromatic heterocycles. The van der Waals surface area contributed by atoms with E-state index in [2.05, 4.69) is 42.3 Å². The second-order valence-corrected chi connectivity index (χ2v) is 7.10. The van der Waals surface area contributed by atoms with Gasteiger partial charge in [0.05, 0.1) is 5.69 Å². The largest absolute Gasteiger partial charge is 0.480 e. The molecule has 1 unspecified atom stereocenters. The van der Waals surface area contributed by atoms with Gasteiger partial charge in [-0.1, -0.05) is 30.3 Å². The van der Waals surface area contributed by atoms with Crippen LogP contribution >= 0.6 is 11.3 Å². The van der Waals surface area contributed by atoms with E-state index in [0.29, 0.717) is 11.6 Å². The molecular formula is C20H18N2O2S. The number of thiazole rings is 1. The molecule has 3 aromatic rings. The molecule has 0 saturated carbocycles. The molecule has 0 aliphatic carbocycles. The summed E-state index contributed by atoms with van der Waals surface area (Å²) in [6.07, 6.45) is 0.101. The Morgan fingerprint density at radius 2 is 2.04 bits per heavy atom. The van der Waals surface area contributed by atoms with Crippen LogP contribution in [0.5, 0.6) is 5.75 Å². The number of anilines is 1. The van der Waals surface area contributed by atoms with Crippen LogP contribution in [0.3, 0.4) is 0 Å². The third-order valence-electron chi connectivity index (χ3n) is 4.48. The molecule has 1 amide bonds. The number of hydrogen-bond donors (Lipinski definition) is 1. The third-order valence-corrected chi connectivity index (χ3v) is 5.23. The monoisotopic (exact) mass is 350 g/mol. The number of rotatable bonds is 3. The summed E-state index contributed by atoms with van der Waals surface area (Å²) in [5.41, 5.74) is 5.49. The van der Waals surface area contributed by atoms with E-state index in [1.807, 2.05) is 29.6 Å². The number of nitrogens with one attached hydrogen (secondary N) is 1. The molecule has 0 spiro atoms. The number of hydrogen-bond acceptors (Lipinski definition) is 4. The first kappa shape index (κ1) is 15.8. The summed E-state index contributed by atoms with van der Waals surface area (Å²) in [4.78, 5) is 17.0. The zero-order chi connectivity index (χ0) is 17.4. The van der Waals surface area contributed by atoms with Crippen molar-refractivity contribution in [2.45, 2.75) is 26.4 Å². The maximum absolute atomic E-state index is 12.5. The lowest BCUT2D eigenvalue weighted by Gasteiger charge is -2.09. The van der Waals surface area contributed by atoms with Crippen LogP contribution in [0, 0.1) is 13.8 Å². The summed E-state index contributed by atoms with van der Waals surface area (Å²) in [6, 6.07) is 14.0. The van der Waals surface area contributed by atoms with E-state index in [9.17, 15) is 4.79 Å². The number of ether oxygens (including phenoxy) is 1. The number of carbonyl (C=O) groups excluding carboxylic acids is 1. The van der Waals surface area contributed by atoms with E-state index in [0.717, 1.165) is 22.6 Å². The Kier molecular flexibility index (Phi) is 4.01. The number of benzene rings is 2. The van der Waals surface area contributed by atoms with Gasteiger partial charge in [0.1, 0.15) is 5.75 Å². The highest BCUT2D eigenvalue weighted by Gasteiger charge is 2.29. The molecular weight excluding hydrogens is 332 g/mol. The summed E-state index contributed by atoms with van der Waals surface area (Å²) in [6.45, 7) is 4.18. The topological polar surface area (TPSA) is 51.2 Å². The van der Waals surface area contributed by atoms with Gasteiger partial charge in [0, 0.05) is 17.4 Å². The highest BCUT2D eigenvalue weighted by molar-refractivity contribution is 7.14. The second kappa shape index (κ2) is 6.33. The maximum atomic E-state index is 12.5. The van der Waals surface area contributed by atoms with Crippen LogP contribution in [-0.4, -0.2) is 17.0 Å². The lowest BCUT2D eigenvalue weighted by atomic mass is 10.1. The maximum Gasteiger partial charge on any atom is 0.267 e. The predicted octanol–water partition coefficient (Wildman–Crippen LogP) is 4.37. The van der Waals surface area contributed by atoms with Crippen LogP contribution in [0.1, 0.15) is 16.7 Å². The lowest BCUT2D eigenvalue weighted by molar-refractivity contribution is -0.122. The fourth-order valence-electron chi connectivity index (χ4n) is 2.88. The molecule has 5 heteroatoms. The van der Waals surface area contributed by atoms with Gasteiger partial charge in [0.25, 0.3) is 5.91 Å². The molecule has 0 saturated heterocycles. The summed E-state index contributed by atoms with van der Waals surface area (Å²) in [5, 5.41) is 5.44. The van der Waals surface area contributed by atoms with Crippen molar-refractivity contribution in [3.63, 3.8) is 0 Å². The summed E-state index contributed by atoms with van der Waals surface area (Å²) in [7, 11) is 0. The SMILES string of the molecule is Cc1ccc(-c2csc(NC(=O)C3Cc4ccccc4O3)n2)cc1C. The zero-order valence-corrected chi connectivity index (χ0v) is 14.9. The Morgan fingerprint density at radius 3 is 2.84 bits per heavy atom. The number of para-hydroxylation sites is 1. The molecule has 1 N–H and O–H groups in total. The van der Waals surface area contributed by atoms with Gasteiger partial charge in [-0.05, 0) is 42.7 Å². The van der Waals surface area contributed by atoms with E-state index >= 15 is 0 Å². The van der Waals surface area contributed by atoms with E-state index in [-0.39, 0.29) is 5.91 Å². The Hall–Kier alpha value is -2.66. The fraction of sp³-hybridized carbons (Fsp3) is 0.200. The van der Waals surface area contributed by atoms with Crippen molar-refractivity contribution in [3.8, 4) is 17.0 Å². The van der Waals surface area contributed by atoms with Crippen molar-refractivity contribution >= 4 is 22.4 Å². The van der Waals surface area contributed by atoms with Gasteiger partial charge in [0.2, 0.25) is 0 Å². The van der Waals surface area contributed by atoms with Gasteiger partial charge in [-0.3, -0.25) is 10.1 Å². The normalized spacial score (nSPS) is 15.5. The van der Waals surface area contributed by atoms with E-state index in [4.69, 9.17) is 4.74 Å². The molecule has 2 aromatic carbocycles. The number of carbonyl (C=O) groups is 1. The fourth-order valence-corrected chi connectivity index (χ4v) is 3.60. The Balaban J connectivity index is 1.46. The molecule has 0 fully saturated rings. The molecule has 4 nitrogen and oxygen atoms in total. The van der Waals surface area contributed by atoms with Crippen LogP contribution in [0.2, 0.25) is 0 Å². The van der Waals surface area contributed by atoms with Crippen molar-refractivity contribution in [1.29, 1.82) is 0 Å². The molecule has 2 heterocycles. The molecule has 4 rings (SSSR count). The lowest BCUT2D eigenvalue weighted by Crippen LogP contribution is -2.31. The average molecular weight is 350 g/mol. The third kappa shape index (κ3) is 3.15. The number of amides is 1. The quantitative estimate of drug-likeness (QED) is 0.763. The van der Waals surface area contributed by atoms with Gasteiger partial charge in [-0.25, -0.2) is 4.98 Å². The first-order valence-corrected chi connectivity index (χ1v) is 9.07. The van der Waals surface area contributed by atoms with Crippen LogP contribution in [0.25, 0.3) is 11.3 Å². The Labute approximate surface area is 150 Å². The van der Waals surface area contributed by atoms with Crippen molar-refractivity contribution in [2.24, 2.45) is 0 Å². The minimum Gasteiger partial charge on any atom is -0.480 e. The van der Waals surface area contributed by atoms with E-state index < -0.39 is 6.10 Å². The van der Waals surface area contributed by atoms with Crippen molar-refractivity contribution in [2.75, 3.05) is 5.32 Å². The molecule has 1 atom stereocenters. The standard InChI is InChI=1S/C20H18N2O2S/c1-12-7-8-14(9-13(12)2)16-11-25-20(21-16)22-19(23)18-10-15-5-3-4-6-17(15)24-18/h3-9,11,18H,10H2,1-2H3,(H,21,22,23). The number of aromatic nitrogens is 1. The summed E-state index contributed by atoms with van der Waals surface area (Å²) < 4.78 is 5.73. The smallest absolute Gasteiger partial charge is 0.267 e. The van der Waals surface area contributed by atoms with Crippen molar-refractivity contribution in [3.05, 3.63) is 64.5 Å². The Bertz CT molecular complexity index is 923. The first-order valence-electron chi connectivity index (χ1n) is 8.19. The van der Waals surface area contributed by atoms with Gasteiger partial charge >= 0.3 is 0 Å². The van der Waals surface area contributed by atoms with Gasteiger partial charge < -0.3 is 4.74 Å². The highest BCUT2D eigenvalue weighted by Crippen LogP contribution is 2.30. The minimum absolute atomic E-state index is 0.155. The number of fused-ring (bicyclic) bond motifs is 1. The van der Waals surface area contributed by atoms with Gasteiger partial charge in [0.15, 0.2) is 11.2 Å². The molecule has 0 radical (unpaired) electrons. The Morgan fingerprint density at radius 1 is 1.20 bits per heavy atom. The van der Waals surface area contributed by atoms with Crippen LogP contribution in [0.15, 0.2) is 47.8 Å². The van der Waals surface area contributed by atoms with Gasteiger partial charge in [-0.2, -0.15) is 0 Å². The van der Waals surface area contributed by atoms with Crippen molar-refractivity contribution < 1.29 is 9.53 Å². The molecule has 0 bridgehead atoms. The molecule has 1 aliphatic heterocycles. The molecule has 25 heavy (non-hydrogen) atoms. The highest BCUT2D eigenvalue weighted by atomic mass is 32.1. The predicted molar refractivity (Wildman–Crippen MR) is 100 cm³/mol. The van der Waals surface area contributed by atoms with Crippen molar-refractivity contribution in [1.82, 2.24) is 4.98 Å². The summed E-state index contributed by atoms with van der Waals surface area (Å²) >= 11 is 1.43. The first-order chi connectivity index (χ1) is 12.1. The summed E-state index contributed by atoms with van der Waals surface area (Å²) in [5.74, 6) is 0.634. The number of nitrogens with zero attached hydrogens (tertiary/aromatic N) is 1. The molecule has 1 aliphatic rings. The van der Waals surface area contributed by atoms with Gasteiger partial charge in [-0.15, -0.1) is 11.3 Å². The van der Waals surface area contributed by atoms with E-state index in [1.165, 1.54) is 22.5 Å². The van der Waals surface area contributed by atoms with E-state index in [1.54, 1.807) is 0 Å². The number of aryl methyl sites for hydroxylation is 2. The van der Waals surface area contributed by atoms with Crippen LogP contribution in [-0.2, 0) is 11.2 Å².